The van der Waals surface area contributed by atoms with Gasteiger partial charge >= 0.3 is 5.97 Å². The normalized spacial score (nSPS) is 11.4. The lowest BCUT2D eigenvalue weighted by molar-refractivity contribution is -0.137. The maximum atomic E-state index is 10.9. The number of nitrogens with zero attached hydrogens (tertiary/aromatic N) is 6. The Morgan fingerprint density at radius 1 is 1.43 bits per heavy atom. The van der Waals surface area contributed by atoms with Crippen molar-refractivity contribution < 1.29 is 9.90 Å². The van der Waals surface area contributed by atoms with E-state index in [1.54, 1.807) is 10.8 Å². The zero-order valence-corrected chi connectivity index (χ0v) is 10.8. The van der Waals surface area contributed by atoms with Gasteiger partial charge in [0, 0.05) is 22.7 Å². The van der Waals surface area contributed by atoms with Gasteiger partial charge in [-0.1, -0.05) is 28.1 Å². The number of carboxylic acid groups (broad SMARTS) is 1. The molecule has 0 aliphatic carbocycles. The van der Waals surface area contributed by atoms with Crippen LogP contribution in [-0.4, -0.2) is 42.2 Å². The van der Waals surface area contributed by atoms with E-state index in [1.165, 1.54) is 6.21 Å². The highest BCUT2D eigenvalue weighted by Crippen LogP contribution is 2.20. The molecule has 9 nitrogen and oxygen atoms in total. The number of carbonyl (C=O) groups is 1. The van der Waals surface area contributed by atoms with Crippen molar-refractivity contribution in [3.8, 4) is 0 Å². The molecule has 0 saturated carbocycles. The molecule has 0 fully saturated rings. The number of benzene rings is 1. The highest BCUT2D eigenvalue weighted by Gasteiger charge is 2.09. The lowest BCUT2D eigenvalue weighted by Crippen LogP contribution is -2.07. The minimum Gasteiger partial charge on any atom is -0.480 e. The lowest BCUT2D eigenvalue weighted by atomic mass is 10.2. The van der Waals surface area contributed by atoms with Gasteiger partial charge in [-0.15, -0.1) is 0 Å². The molecule has 0 bridgehead atoms. The molecule has 0 aliphatic heterocycles. The van der Waals surface area contributed by atoms with Crippen LogP contribution < -0.4 is 5.73 Å². The first kappa shape index (κ1) is 12.8. The van der Waals surface area contributed by atoms with E-state index in [-0.39, 0.29) is 12.5 Å². The van der Waals surface area contributed by atoms with Crippen LogP contribution in [0.5, 0.6) is 0 Å². The van der Waals surface area contributed by atoms with Crippen LogP contribution in [0.2, 0.25) is 0 Å². The van der Waals surface area contributed by atoms with Crippen molar-refractivity contribution in [3.05, 3.63) is 36.0 Å². The van der Waals surface area contributed by atoms with Gasteiger partial charge in [-0.25, -0.2) is 0 Å². The molecule has 0 amide bonds. The molecule has 3 rings (SSSR count). The highest BCUT2D eigenvalue weighted by atomic mass is 16.4. The summed E-state index contributed by atoms with van der Waals surface area (Å²) in [6.45, 7) is -0.124. The van der Waals surface area contributed by atoms with E-state index in [2.05, 4.69) is 20.6 Å². The molecule has 106 valence electrons. The van der Waals surface area contributed by atoms with E-state index in [0.717, 1.165) is 21.3 Å². The Bertz CT molecular complexity index is 833. The summed E-state index contributed by atoms with van der Waals surface area (Å²) < 4.78 is 1.64. The molecule has 9 heteroatoms. The first-order valence-corrected chi connectivity index (χ1v) is 6.03. The number of tetrazole rings is 1. The predicted octanol–water partition coefficient (Wildman–Crippen LogP) is 0.177. The molecule has 0 aliphatic rings. The second-order valence-corrected chi connectivity index (χ2v) is 4.29. The van der Waals surface area contributed by atoms with E-state index in [0.29, 0.717) is 0 Å². The van der Waals surface area contributed by atoms with E-state index in [9.17, 15) is 4.79 Å². The van der Waals surface area contributed by atoms with Gasteiger partial charge in [0.25, 0.3) is 5.95 Å². The summed E-state index contributed by atoms with van der Waals surface area (Å²) in [5, 5.41) is 24.4. The molecule has 0 atom stereocenters. The van der Waals surface area contributed by atoms with Gasteiger partial charge in [-0.05, 0) is 16.5 Å². The fourth-order valence-electron chi connectivity index (χ4n) is 2.04. The molecular weight excluding hydrogens is 274 g/mol. The van der Waals surface area contributed by atoms with Gasteiger partial charge in [0.1, 0.15) is 6.54 Å². The van der Waals surface area contributed by atoms with Crippen LogP contribution in [-0.2, 0) is 11.3 Å². The number of hydrogen-bond acceptors (Lipinski definition) is 6. The largest absolute Gasteiger partial charge is 0.480 e. The van der Waals surface area contributed by atoms with Gasteiger partial charge < -0.3 is 15.4 Å². The van der Waals surface area contributed by atoms with Crippen LogP contribution >= 0.6 is 0 Å². The number of anilines is 1. The molecule has 0 spiro atoms. The van der Waals surface area contributed by atoms with Gasteiger partial charge in [-0.3, -0.25) is 4.79 Å². The van der Waals surface area contributed by atoms with Crippen LogP contribution in [0.4, 0.5) is 5.95 Å². The third-order valence-electron chi connectivity index (χ3n) is 2.91. The number of aliphatic carboxylic acids is 1. The van der Waals surface area contributed by atoms with Crippen LogP contribution in [0.1, 0.15) is 5.56 Å². The monoisotopic (exact) mass is 285 g/mol. The highest BCUT2D eigenvalue weighted by molar-refractivity contribution is 5.99. The smallest absolute Gasteiger partial charge is 0.323 e. The Balaban J connectivity index is 2.04. The average molecular weight is 285 g/mol. The van der Waals surface area contributed by atoms with Crippen molar-refractivity contribution in [2.24, 2.45) is 5.10 Å². The van der Waals surface area contributed by atoms with E-state index in [1.807, 2.05) is 24.3 Å². The maximum Gasteiger partial charge on any atom is 0.323 e. The summed E-state index contributed by atoms with van der Waals surface area (Å²) in [6.07, 6.45) is 3.25. The van der Waals surface area contributed by atoms with Gasteiger partial charge in [-0.2, -0.15) is 5.10 Å². The van der Waals surface area contributed by atoms with Gasteiger partial charge in [0.15, 0.2) is 0 Å². The second kappa shape index (κ2) is 5.04. The molecule has 3 N–H and O–H groups in total. The number of para-hydroxylation sites is 1. The fourth-order valence-corrected chi connectivity index (χ4v) is 2.04. The van der Waals surface area contributed by atoms with E-state index in [4.69, 9.17) is 10.8 Å². The van der Waals surface area contributed by atoms with Crippen molar-refractivity contribution in [1.82, 2.24) is 24.9 Å². The number of carboxylic acids is 1. The summed E-state index contributed by atoms with van der Waals surface area (Å²) in [6, 6.07) is 7.45. The molecule has 3 aromatic rings. The first-order chi connectivity index (χ1) is 10.1. The Hall–Kier alpha value is -3.23. The van der Waals surface area contributed by atoms with Crippen molar-refractivity contribution in [2.75, 3.05) is 5.73 Å². The topological polar surface area (TPSA) is 124 Å². The minimum absolute atomic E-state index is 0.0699. The third-order valence-corrected chi connectivity index (χ3v) is 2.91. The molecule has 21 heavy (non-hydrogen) atoms. The summed E-state index contributed by atoms with van der Waals surface area (Å²) >= 11 is 0. The van der Waals surface area contributed by atoms with Crippen LogP contribution in [0.25, 0.3) is 10.9 Å². The molecule has 0 saturated heterocycles. The summed E-state index contributed by atoms with van der Waals surface area (Å²) in [5.41, 5.74) is 7.08. The standard InChI is InChI=1S/C12H11N7O2/c13-12-15-16-17-19(12)14-5-8-6-18(7-11(20)21)10-4-2-1-3-9(8)10/h1-6H,7H2,(H,20,21)(H2,13,15,17). The molecule has 2 aromatic heterocycles. The molecule has 1 aromatic carbocycles. The number of rotatable bonds is 4. The number of fused-ring (bicyclic) bond motifs is 1. The van der Waals surface area contributed by atoms with Crippen molar-refractivity contribution in [3.63, 3.8) is 0 Å². The van der Waals surface area contributed by atoms with Crippen LogP contribution in [0, 0.1) is 0 Å². The summed E-state index contributed by atoms with van der Waals surface area (Å²) in [7, 11) is 0. The Kier molecular flexibility index (Phi) is 3.07. The molecule has 0 radical (unpaired) electrons. The third kappa shape index (κ3) is 2.43. The Labute approximate surface area is 118 Å². The molecular formula is C12H11N7O2. The summed E-state index contributed by atoms with van der Waals surface area (Å²) in [5.74, 6) is -0.843. The fraction of sp³-hybridized carbons (Fsp3) is 0.0833. The second-order valence-electron chi connectivity index (χ2n) is 4.29. The quantitative estimate of drug-likeness (QED) is 0.659. The van der Waals surface area contributed by atoms with E-state index >= 15 is 0 Å². The Morgan fingerprint density at radius 3 is 2.95 bits per heavy atom. The number of hydrogen-bond donors (Lipinski definition) is 2. The zero-order chi connectivity index (χ0) is 14.8. The minimum atomic E-state index is -0.913. The molecule has 2 heterocycles. The first-order valence-electron chi connectivity index (χ1n) is 6.03. The SMILES string of the molecule is Nc1nnnn1N=Cc1cn(CC(=O)O)c2ccccc12. The van der Waals surface area contributed by atoms with Crippen LogP contribution in [0.15, 0.2) is 35.6 Å². The number of nitrogen functional groups attached to an aromatic ring is 1. The van der Waals surface area contributed by atoms with Crippen molar-refractivity contribution in [2.45, 2.75) is 6.54 Å². The lowest BCUT2D eigenvalue weighted by Gasteiger charge is -1.99. The van der Waals surface area contributed by atoms with E-state index < -0.39 is 5.97 Å². The van der Waals surface area contributed by atoms with Gasteiger partial charge in [0.05, 0.1) is 6.21 Å². The van der Waals surface area contributed by atoms with Crippen molar-refractivity contribution >= 4 is 29.0 Å². The maximum absolute atomic E-state index is 10.9. The predicted molar refractivity (Wildman–Crippen MR) is 74.8 cm³/mol. The number of nitrogens with two attached hydrogens (primary N) is 1. The van der Waals surface area contributed by atoms with Crippen LogP contribution in [0.3, 0.4) is 0 Å². The number of aromatic nitrogens is 5. The van der Waals surface area contributed by atoms with Crippen molar-refractivity contribution in [1.29, 1.82) is 0 Å². The molecule has 0 unspecified atom stereocenters. The zero-order valence-electron chi connectivity index (χ0n) is 10.8. The summed E-state index contributed by atoms with van der Waals surface area (Å²) in [4.78, 5) is 12.0. The Morgan fingerprint density at radius 2 is 2.24 bits per heavy atom. The van der Waals surface area contributed by atoms with Gasteiger partial charge in [0.2, 0.25) is 0 Å². The average Bonchev–Trinajstić information content (AvgIpc) is 3.01.